The van der Waals surface area contributed by atoms with Crippen LogP contribution in [0.2, 0.25) is 0 Å². The van der Waals surface area contributed by atoms with Crippen molar-refractivity contribution >= 4 is 23.9 Å². The number of esters is 1. The molecule has 0 bridgehead atoms. The van der Waals surface area contributed by atoms with Gasteiger partial charge in [0.1, 0.15) is 23.4 Å². The van der Waals surface area contributed by atoms with E-state index in [1.54, 1.807) is 45.9 Å². The van der Waals surface area contributed by atoms with E-state index >= 15 is 0 Å². The molecule has 10 heteroatoms. The Morgan fingerprint density at radius 1 is 0.952 bits per heavy atom. The minimum atomic E-state index is -1.23. The minimum absolute atomic E-state index is 0.0116. The lowest BCUT2D eigenvalue weighted by atomic mass is 9.99. The molecular weight excluding hydrogens is 538 g/mol. The van der Waals surface area contributed by atoms with Crippen molar-refractivity contribution in [2.24, 2.45) is 0 Å². The van der Waals surface area contributed by atoms with Crippen molar-refractivity contribution in [1.29, 1.82) is 0 Å². The van der Waals surface area contributed by atoms with Gasteiger partial charge in [-0.25, -0.2) is 4.79 Å². The molecule has 2 aromatic rings. The number of nitrogens with zero attached hydrogens (tertiary/aromatic N) is 1. The normalized spacial score (nSPS) is 12.5. The molecule has 0 saturated heterocycles. The SMILES string of the molecule is CCCCCN(C(=O)C(Cc1ccccc1)NC(=O)OC(C)(C)C)C(C(=O)NCCC(=O)OCC)c1ccccc1O. The molecule has 10 nitrogen and oxygen atoms in total. The highest BCUT2D eigenvalue weighted by Gasteiger charge is 2.37. The van der Waals surface area contributed by atoms with Gasteiger partial charge in [-0.2, -0.15) is 0 Å². The summed E-state index contributed by atoms with van der Waals surface area (Å²) in [5, 5.41) is 16.2. The maximum atomic E-state index is 14.4. The van der Waals surface area contributed by atoms with Crippen LogP contribution in [0.25, 0.3) is 0 Å². The van der Waals surface area contributed by atoms with Crippen LogP contribution in [-0.2, 0) is 30.3 Å². The van der Waals surface area contributed by atoms with Gasteiger partial charge in [-0.1, -0.05) is 68.3 Å². The molecule has 0 heterocycles. The molecule has 0 aliphatic heterocycles. The van der Waals surface area contributed by atoms with Crippen molar-refractivity contribution in [3.05, 3.63) is 65.7 Å². The molecule has 0 saturated carbocycles. The third kappa shape index (κ3) is 11.4. The summed E-state index contributed by atoms with van der Waals surface area (Å²) in [6.45, 7) is 9.31. The van der Waals surface area contributed by atoms with Gasteiger partial charge in [0, 0.05) is 25.1 Å². The van der Waals surface area contributed by atoms with Gasteiger partial charge in [0.2, 0.25) is 11.8 Å². The third-order valence-electron chi connectivity index (χ3n) is 6.28. The van der Waals surface area contributed by atoms with E-state index in [4.69, 9.17) is 9.47 Å². The summed E-state index contributed by atoms with van der Waals surface area (Å²) in [5.41, 5.74) is 0.243. The molecule has 2 atom stereocenters. The van der Waals surface area contributed by atoms with Crippen molar-refractivity contribution in [1.82, 2.24) is 15.5 Å². The first-order chi connectivity index (χ1) is 20.0. The van der Waals surface area contributed by atoms with Gasteiger partial charge in [-0.05, 0) is 45.7 Å². The zero-order valence-corrected chi connectivity index (χ0v) is 25.4. The molecule has 2 rings (SSSR count). The molecule has 230 valence electrons. The number of para-hydroxylation sites is 1. The van der Waals surface area contributed by atoms with Gasteiger partial charge in [0.05, 0.1) is 13.0 Å². The summed E-state index contributed by atoms with van der Waals surface area (Å²) < 4.78 is 10.4. The number of rotatable bonds is 15. The van der Waals surface area contributed by atoms with Crippen LogP contribution in [0.4, 0.5) is 4.79 Å². The minimum Gasteiger partial charge on any atom is -0.508 e. The second-order valence-electron chi connectivity index (χ2n) is 10.9. The van der Waals surface area contributed by atoms with Gasteiger partial charge in [0.15, 0.2) is 0 Å². The molecule has 2 aromatic carbocycles. The number of alkyl carbamates (subject to hydrolysis) is 1. The van der Waals surface area contributed by atoms with Gasteiger partial charge in [-0.3, -0.25) is 14.4 Å². The Balaban J connectivity index is 2.50. The lowest BCUT2D eigenvalue weighted by Crippen LogP contribution is -2.54. The lowest BCUT2D eigenvalue weighted by Gasteiger charge is -2.35. The van der Waals surface area contributed by atoms with Gasteiger partial charge >= 0.3 is 12.1 Å². The number of hydrogen-bond acceptors (Lipinski definition) is 7. The summed E-state index contributed by atoms with van der Waals surface area (Å²) >= 11 is 0. The van der Waals surface area contributed by atoms with Crippen molar-refractivity contribution < 1.29 is 33.8 Å². The molecular formula is C32H45N3O7. The number of carbonyl (C=O) groups is 4. The summed E-state index contributed by atoms with van der Waals surface area (Å²) in [5.74, 6) is -1.69. The fraction of sp³-hybridized carbons (Fsp3) is 0.500. The quantitative estimate of drug-likeness (QED) is 0.205. The Labute approximate surface area is 248 Å². The summed E-state index contributed by atoms with van der Waals surface area (Å²) in [7, 11) is 0. The summed E-state index contributed by atoms with van der Waals surface area (Å²) in [4.78, 5) is 54.2. The Morgan fingerprint density at radius 3 is 2.24 bits per heavy atom. The highest BCUT2D eigenvalue weighted by molar-refractivity contribution is 5.92. The molecule has 0 aromatic heterocycles. The Hall–Kier alpha value is -4.08. The lowest BCUT2D eigenvalue weighted by molar-refractivity contribution is -0.144. The number of phenols is 1. The number of ether oxygens (including phenoxy) is 2. The molecule has 3 N–H and O–H groups in total. The number of phenolic OH excluding ortho intramolecular Hbond substituents is 1. The zero-order chi connectivity index (χ0) is 31.1. The van der Waals surface area contributed by atoms with Crippen LogP contribution in [0, 0.1) is 0 Å². The molecule has 0 fully saturated rings. The van der Waals surface area contributed by atoms with Gasteiger partial charge in [-0.15, -0.1) is 0 Å². The number of carbonyl (C=O) groups excluding carboxylic acids is 4. The topological polar surface area (TPSA) is 134 Å². The number of amides is 3. The average molecular weight is 584 g/mol. The van der Waals surface area contributed by atoms with Gasteiger partial charge in [0.25, 0.3) is 0 Å². The van der Waals surface area contributed by atoms with E-state index in [0.29, 0.717) is 6.42 Å². The number of aromatic hydroxyl groups is 1. The third-order valence-corrected chi connectivity index (χ3v) is 6.28. The van der Waals surface area contributed by atoms with Crippen molar-refractivity contribution in [3.8, 4) is 5.75 Å². The van der Waals surface area contributed by atoms with Crippen LogP contribution in [0.15, 0.2) is 54.6 Å². The Morgan fingerprint density at radius 2 is 1.62 bits per heavy atom. The Kier molecular flexibility index (Phi) is 13.8. The van der Waals surface area contributed by atoms with Crippen LogP contribution in [0.5, 0.6) is 5.75 Å². The van der Waals surface area contributed by atoms with E-state index in [9.17, 15) is 24.3 Å². The monoisotopic (exact) mass is 583 g/mol. The number of unbranched alkanes of at least 4 members (excludes halogenated alkanes) is 2. The molecule has 3 amide bonds. The number of hydrogen-bond donors (Lipinski definition) is 3. The molecule has 0 spiro atoms. The first-order valence-electron chi connectivity index (χ1n) is 14.5. The molecule has 42 heavy (non-hydrogen) atoms. The van der Waals surface area contributed by atoms with E-state index in [0.717, 1.165) is 18.4 Å². The van der Waals surface area contributed by atoms with E-state index in [1.807, 2.05) is 37.3 Å². The van der Waals surface area contributed by atoms with Crippen molar-refractivity contribution in [3.63, 3.8) is 0 Å². The van der Waals surface area contributed by atoms with Crippen LogP contribution < -0.4 is 10.6 Å². The van der Waals surface area contributed by atoms with E-state index in [-0.39, 0.29) is 43.9 Å². The van der Waals surface area contributed by atoms with E-state index in [1.165, 1.54) is 11.0 Å². The van der Waals surface area contributed by atoms with Crippen LogP contribution >= 0.6 is 0 Å². The van der Waals surface area contributed by atoms with Crippen molar-refractivity contribution in [2.75, 3.05) is 19.7 Å². The largest absolute Gasteiger partial charge is 0.508 e. The fourth-order valence-corrected chi connectivity index (χ4v) is 4.39. The number of benzene rings is 2. The predicted molar refractivity (Wildman–Crippen MR) is 160 cm³/mol. The first-order valence-corrected chi connectivity index (χ1v) is 14.5. The van der Waals surface area contributed by atoms with Crippen LogP contribution in [0.3, 0.4) is 0 Å². The smallest absolute Gasteiger partial charge is 0.408 e. The molecule has 0 aliphatic rings. The molecule has 2 unspecified atom stereocenters. The van der Waals surface area contributed by atoms with Crippen LogP contribution in [-0.4, -0.2) is 65.2 Å². The highest BCUT2D eigenvalue weighted by Crippen LogP contribution is 2.30. The second-order valence-corrected chi connectivity index (χ2v) is 10.9. The molecule has 0 aliphatic carbocycles. The number of nitrogens with one attached hydrogen (secondary N) is 2. The zero-order valence-electron chi connectivity index (χ0n) is 25.4. The predicted octanol–water partition coefficient (Wildman–Crippen LogP) is 4.66. The second kappa shape index (κ2) is 17.0. The van der Waals surface area contributed by atoms with Gasteiger partial charge < -0.3 is 30.1 Å². The summed E-state index contributed by atoms with van der Waals surface area (Å²) in [6, 6.07) is 13.3. The maximum Gasteiger partial charge on any atom is 0.408 e. The van der Waals surface area contributed by atoms with Crippen LogP contribution in [0.1, 0.15) is 77.5 Å². The summed E-state index contributed by atoms with van der Waals surface area (Å²) in [6.07, 6.45) is 1.61. The average Bonchev–Trinajstić information content (AvgIpc) is 2.92. The van der Waals surface area contributed by atoms with Crippen molar-refractivity contribution in [2.45, 2.75) is 84.4 Å². The van der Waals surface area contributed by atoms with E-state index in [2.05, 4.69) is 10.6 Å². The standard InChI is InChI=1S/C32H45N3O7/c1-6-8-14-21-35(28(24-17-12-13-18-26(24)36)29(38)33-20-19-27(37)41-7-2)30(39)25(22-23-15-10-9-11-16-23)34-31(40)42-32(3,4)5/h9-13,15-18,25,28,36H,6-8,14,19-22H2,1-5H3,(H,33,38)(H,34,40). The fourth-order valence-electron chi connectivity index (χ4n) is 4.39. The Bertz CT molecular complexity index is 1160. The highest BCUT2D eigenvalue weighted by atomic mass is 16.6. The molecule has 0 radical (unpaired) electrons. The van der Waals surface area contributed by atoms with E-state index < -0.39 is 41.6 Å². The first kappa shape index (κ1) is 34.1. The maximum absolute atomic E-state index is 14.4.